The lowest BCUT2D eigenvalue weighted by molar-refractivity contribution is 0.0892. The van der Waals surface area contributed by atoms with Crippen molar-refractivity contribution < 1.29 is 13.2 Å². The van der Waals surface area contributed by atoms with Crippen LogP contribution in [-0.4, -0.2) is 24.4 Å². The first-order valence-electron chi connectivity index (χ1n) is 6.14. The predicted octanol–water partition coefficient (Wildman–Crippen LogP) is 0.981. The third kappa shape index (κ3) is 3.57. The number of hydrogen-bond donors (Lipinski definition) is 2. The summed E-state index contributed by atoms with van der Waals surface area (Å²) < 4.78 is 24.0. The third-order valence-electron chi connectivity index (χ3n) is 3.52. The van der Waals surface area contributed by atoms with Crippen molar-refractivity contribution in [1.82, 2.24) is 9.88 Å². The highest BCUT2D eigenvalue weighted by Gasteiger charge is 2.25. The van der Waals surface area contributed by atoms with Crippen molar-refractivity contribution in [3.05, 3.63) is 18.0 Å². The normalized spacial score (nSPS) is 12.5. The van der Waals surface area contributed by atoms with Gasteiger partial charge < -0.3 is 9.88 Å². The molecule has 0 radical (unpaired) electrons. The zero-order valence-corrected chi connectivity index (χ0v) is 12.5. The highest BCUT2D eigenvalue weighted by atomic mass is 32.2. The molecule has 0 aromatic carbocycles. The summed E-state index contributed by atoms with van der Waals surface area (Å²) in [7, 11) is -2.18. The number of hydrogen-bond acceptors (Lipinski definition) is 3. The largest absolute Gasteiger partial charge is 0.346 e. The number of aromatic nitrogens is 1. The molecule has 0 atom stereocenters. The highest BCUT2D eigenvalue weighted by Crippen LogP contribution is 2.17. The molecule has 0 fully saturated rings. The van der Waals surface area contributed by atoms with E-state index < -0.39 is 10.0 Å². The van der Waals surface area contributed by atoms with Gasteiger partial charge in [0.25, 0.3) is 5.91 Å². The fraction of sp³-hybridized carbons (Fsp3) is 0.583. The van der Waals surface area contributed by atoms with Crippen LogP contribution in [0.15, 0.2) is 17.2 Å². The fourth-order valence-electron chi connectivity index (χ4n) is 1.68. The van der Waals surface area contributed by atoms with Gasteiger partial charge in [-0.1, -0.05) is 13.8 Å². The van der Waals surface area contributed by atoms with Crippen LogP contribution in [0.2, 0.25) is 0 Å². The van der Waals surface area contributed by atoms with Crippen LogP contribution in [0.3, 0.4) is 0 Å². The van der Waals surface area contributed by atoms with Gasteiger partial charge in [-0.15, -0.1) is 0 Å². The molecule has 1 aromatic rings. The summed E-state index contributed by atoms with van der Waals surface area (Å²) in [6.45, 7) is 5.93. The SMILES string of the molecule is CCC(C)(CC)NC(=O)c1cc(S(N)(=O)=O)cn1C. The molecule has 0 spiro atoms. The lowest BCUT2D eigenvalue weighted by Gasteiger charge is -2.28. The Balaban J connectivity index is 3.05. The molecule has 0 unspecified atom stereocenters. The van der Waals surface area contributed by atoms with E-state index in [0.29, 0.717) is 0 Å². The molecule has 0 aliphatic heterocycles. The van der Waals surface area contributed by atoms with Gasteiger partial charge in [-0.25, -0.2) is 13.6 Å². The first kappa shape index (κ1) is 15.7. The first-order valence-corrected chi connectivity index (χ1v) is 7.69. The molecule has 7 heteroatoms. The minimum atomic E-state index is -3.79. The molecule has 0 aliphatic carbocycles. The van der Waals surface area contributed by atoms with Crippen molar-refractivity contribution in [1.29, 1.82) is 0 Å². The van der Waals surface area contributed by atoms with Gasteiger partial charge in [0.2, 0.25) is 10.0 Å². The van der Waals surface area contributed by atoms with Gasteiger partial charge in [-0.05, 0) is 25.8 Å². The van der Waals surface area contributed by atoms with Crippen LogP contribution in [0, 0.1) is 0 Å². The second kappa shape index (κ2) is 5.34. The van der Waals surface area contributed by atoms with Crippen LogP contribution in [0.5, 0.6) is 0 Å². The lowest BCUT2D eigenvalue weighted by atomic mass is 9.95. The predicted molar refractivity (Wildman–Crippen MR) is 73.2 cm³/mol. The van der Waals surface area contributed by atoms with Crippen molar-refractivity contribution >= 4 is 15.9 Å². The summed E-state index contributed by atoms with van der Waals surface area (Å²) in [6, 6.07) is 1.29. The van der Waals surface area contributed by atoms with E-state index >= 15 is 0 Å². The minimum absolute atomic E-state index is 0.0603. The van der Waals surface area contributed by atoms with Crippen LogP contribution < -0.4 is 10.5 Å². The second-order valence-electron chi connectivity index (χ2n) is 4.94. The van der Waals surface area contributed by atoms with Crippen LogP contribution >= 0.6 is 0 Å². The minimum Gasteiger partial charge on any atom is -0.346 e. The monoisotopic (exact) mass is 287 g/mol. The number of rotatable bonds is 5. The Morgan fingerprint density at radius 1 is 1.42 bits per heavy atom. The van der Waals surface area contributed by atoms with Crippen LogP contribution in [0.4, 0.5) is 0 Å². The molecule has 1 aromatic heterocycles. The molecular weight excluding hydrogens is 266 g/mol. The Morgan fingerprint density at radius 2 is 1.95 bits per heavy atom. The first-order chi connectivity index (χ1) is 8.63. The summed E-state index contributed by atoms with van der Waals surface area (Å²) in [6.07, 6.45) is 2.92. The standard InChI is InChI=1S/C12H21N3O3S/c1-5-12(3,6-2)14-11(16)10-7-9(8-15(10)4)19(13,17)18/h7-8H,5-6H2,1-4H3,(H,14,16)(H2,13,17,18). The summed E-state index contributed by atoms with van der Waals surface area (Å²) in [5.74, 6) is -0.302. The quantitative estimate of drug-likeness (QED) is 0.845. The molecule has 0 saturated carbocycles. The second-order valence-corrected chi connectivity index (χ2v) is 6.50. The number of nitrogens with one attached hydrogen (secondary N) is 1. The van der Waals surface area contributed by atoms with E-state index in [1.54, 1.807) is 7.05 Å². The zero-order valence-electron chi connectivity index (χ0n) is 11.7. The molecule has 3 N–H and O–H groups in total. The van der Waals surface area contributed by atoms with Gasteiger partial charge in [0.1, 0.15) is 10.6 Å². The summed E-state index contributed by atoms with van der Waals surface area (Å²) >= 11 is 0. The number of nitrogens with two attached hydrogens (primary N) is 1. The number of sulfonamides is 1. The number of carbonyl (C=O) groups excluding carboxylic acids is 1. The number of amides is 1. The molecule has 1 heterocycles. The average molecular weight is 287 g/mol. The molecule has 1 amide bonds. The van der Waals surface area contributed by atoms with Gasteiger partial charge >= 0.3 is 0 Å². The van der Waals surface area contributed by atoms with E-state index in [-0.39, 0.29) is 22.0 Å². The molecule has 0 aliphatic rings. The summed E-state index contributed by atoms with van der Waals surface area (Å²) in [5, 5.41) is 7.97. The van der Waals surface area contributed by atoms with E-state index in [1.165, 1.54) is 16.8 Å². The maximum atomic E-state index is 12.2. The van der Waals surface area contributed by atoms with Crippen molar-refractivity contribution in [3.63, 3.8) is 0 Å². The van der Waals surface area contributed by atoms with Crippen LogP contribution in [0.1, 0.15) is 44.1 Å². The Bertz CT molecular complexity index is 571. The van der Waals surface area contributed by atoms with Crippen molar-refractivity contribution in [3.8, 4) is 0 Å². The van der Waals surface area contributed by atoms with Gasteiger partial charge in [0.15, 0.2) is 0 Å². The smallest absolute Gasteiger partial charge is 0.268 e. The van der Waals surface area contributed by atoms with E-state index in [2.05, 4.69) is 5.32 Å². The molecule has 108 valence electrons. The Kier molecular flexibility index (Phi) is 4.42. The van der Waals surface area contributed by atoms with E-state index in [1.807, 2.05) is 20.8 Å². The molecular formula is C12H21N3O3S. The number of carbonyl (C=O) groups is 1. The molecule has 1 rings (SSSR count). The number of primary sulfonamides is 1. The van der Waals surface area contributed by atoms with Crippen LogP contribution in [0.25, 0.3) is 0 Å². The number of nitrogens with zero attached hydrogens (tertiary/aromatic N) is 1. The Hall–Kier alpha value is -1.34. The van der Waals surface area contributed by atoms with Crippen molar-refractivity contribution in [2.24, 2.45) is 12.2 Å². The van der Waals surface area contributed by atoms with Crippen molar-refractivity contribution in [2.75, 3.05) is 0 Å². The van der Waals surface area contributed by atoms with Crippen LogP contribution in [-0.2, 0) is 17.1 Å². The number of aryl methyl sites for hydroxylation is 1. The molecule has 0 bridgehead atoms. The van der Waals surface area contributed by atoms with Crippen molar-refractivity contribution in [2.45, 2.75) is 44.0 Å². The van der Waals surface area contributed by atoms with E-state index in [0.717, 1.165) is 12.8 Å². The molecule has 19 heavy (non-hydrogen) atoms. The Morgan fingerprint density at radius 3 is 2.32 bits per heavy atom. The van der Waals surface area contributed by atoms with Gasteiger partial charge in [-0.3, -0.25) is 4.79 Å². The lowest BCUT2D eigenvalue weighted by Crippen LogP contribution is -2.45. The zero-order chi connectivity index (χ0) is 14.8. The van der Waals surface area contributed by atoms with Gasteiger partial charge in [0, 0.05) is 18.8 Å². The highest BCUT2D eigenvalue weighted by molar-refractivity contribution is 7.89. The van der Waals surface area contributed by atoms with Gasteiger partial charge in [0.05, 0.1) is 0 Å². The molecule has 0 saturated heterocycles. The molecule has 6 nitrogen and oxygen atoms in total. The van der Waals surface area contributed by atoms with E-state index in [9.17, 15) is 13.2 Å². The average Bonchev–Trinajstić information content (AvgIpc) is 2.71. The van der Waals surface area contributed by atoms with E-state index in [4.69, 9.17) is 5.14 Å². The third-order valence-corrected chi connectivity index (χ3v) is 4.40. The maximum Gasteiger partial charge on any atom is 0.268 e. The summed E-state index contributed by atoms with van der Waals surface area (Å²) in [4.78, 5) is 12.1. The van der Waals surface area contributed by atoms with Gasteiger partial charge in [-0.2, -0.15) is 0 Å². The summed E-state index contributed by atoms with van der Waals surface area (Å²) in [5.41, 5.74) is -0.0273. The Labute approximate surface area is 114 Å². The fourth-order valence-corrected chi connectivity index (χ4v) is 2.26. The maximum absolute atomic E-state index is 12.2. The topological polar surface area (TPSA) is 94.2 Å².